The van der Waals surface area contributed by atoms with Crippen molar-refractivity contribution in [3.05, 3.63) is 18.2 Å². The summed E-state index contributed by atoms with van der Waals surface area (Å²) in [6.45, 7) is 11.2. The minimum atomic E-state index is -0.442. The maximum Gasteiger partial charge on any atom is 0.410 e. The molecule has 6 heteroatoms. The summed E-state index contributed by atoms with van der Waals surface area (Å²) in [7, 11) is 0. The van der Waals surface area contributed by atoms with Gasteiger partial charge in [0.1, 0.15) is 11.4 Å². The van der Waals surface area contributed by atoms with Crippen LogP contribution < -0.4 is 5.32 Å². The maximum atomic E-state index is 12.3. The third-order valence-corrected chi connectivity index (χ3v) is 3.93. The molecule has 1 aromatic rings. The molecule has 1 unspecified atom stereocenters. The van der Waals surface area contributed by atoms with E-state index in [1.807, 2.05) is 38.1 Å². The van der Waals surface area contributed by atoms with E-state index < -0.39 is 5.60 Å². The van der Waals surface area contributed by atoms with Crippen molar-refractivity contribution in [3.63, 3.8) is 0 Å². The van der Waals surface area contributed by atoms with Gasteiger partial charge in [-0.3, -0.25) is 0 Å². The van der Waals surface area contributed by atoms with Crippen molar-refractivity contribution in [1.29, 1.82) is 0 Å². The van der Waals surface area contributed by atoms with Gasteiger partial charge in [-0.25, -0.2) is 9.78 Å². The summed E-state index contributed by atoms with van der Waals surface area (Å²) < 4.78 is 7.67. The van der Waals surface area contributed by atoms with Gasteiger partial charge in [-0.1, -0.05) is 6.92 Å². The fraction of sp³-hybridized carbons (Fsp3) is 0.765. The molecule has 0 radical (unpaired) electrons. The smallest absolute Gasteiger partial charge is 0.410 e. The predicted octanol–water partition coefficient (Wildman–Crippen LogP) is 2.78. The van der Waals surface area contributed by atoms with Crippen molar-refractivity contribution >= 4 is 6.09 Å². The highest BCUT2D eigenvalue weighted by Crippen LogP contribution is 2.20. The summed E-state index contributed by atoms with van der Waals surface area (Å²) in [4.78, 5) is 18.5. The fourth-order valence-electron chi connectivity index (χ4n) is 2.91. The summed E-state index contributed by atoms with van der Waals surface area (Å²) in [5.74, 6) is 1.05. The van der Waals surface area contributed by atoms with Crippen molar-refractivity contribution < 1.29 is 9.53 Å². The molecule has 1 fully saturated rings. The second-order valence-corrected chi connectivity index (χ2v) is 7.14. The Balaban J connectivity index is 1.82. The van der Waals surface area contributed by atoms with Crippen molar-refractivity contribution in [2.75, 3.05) is 13.1 Å². The Kier molecular flexibility index (Phi) is 6.04. The normalized spacial score (nSPS) is 18.4. The number of amides is 1. The molecular formula is C17H30N4O2. The number of nitrogens with one attached hydrogen (secondary N) is 1. The first-order valence-corrected chi connectivity index (χ1v) is 8.61. The van der Waals surface area contributed by atoms with Crippen molar-refractivity contribution in [1.82, 2.24) is 19.8 Å². The number of hydrogen-bond donors (Lipinski definition) is 1. The first-order valence-electron chi connectivity index (χ1n) is 8.61. The minimum absolute atomic E-state index is 0.200. The Morgan fingerprint density at radius 2 is 2.26 bits per heavy atom. The van der Waals surface area contributed by atoms with E-state index in [0.717, 1.165) is 51.3 Å². The van der Waals surface area contributed by atoms with Crippen LogP contribution in [-0.4, -0.2) is 45.3 Å². The quantitative estimate of drug-likeness (QED) is 0.875. The number of imidazole rings is 1. The van der Waals surface area contributed by atoms with E-state index in [1.165, 1.54) is 0 Å². The van der Waals surface area contributed by atoms with Gasteiger partial charge in [0.05, 0.1) is 6.54 Å². The molecule has 1 amide bonds. The summed E-state index contributed by atoms with van der Waals surface area (Å²) in [5, 5.41) is 3.44. The molecule has 2 heterocycles. The summed E-state index contributed by atoms with van der Waals surface area (Å²) in [6, 6.07) is 0.208. The monoisotopic (exact) mass is 322 g/mol. The number of likely N-dealkylation sites (tertiary alicyclic amines) is 1. The SMILES string of the molecule is CCCn1ccnc1CNCC1CCCN1C(=O)OC(C)(C)C. The highest BCUT2D eigenvalue weighted by atomic mass is 16.6. The van der Waals surface area contributed by atoms with Gasteiger partial charge in [0.2, 0.25) is 0 Å². The molecule has 2 rings (SSSR count). The van der Waals surface area contributed by atoms with Gasteiger partial charge in [0, 0.05) is 38.1 Å². The molecule has 0 bridgehead atoms. The zero-order chi connectivity index (χ0) is 16.9. The number of carbonyl (C=O) groups is 1. The van der Waals surface area contributed by atoms with Gasteiger partial charge >= 0.3 is 6.09 Å². The van der Waals surface area contributed by atoms with Crippen LogP contribution in [0.5, 0.6) is 0 Å². The Morgan fingerprint density at radius 1 is 1.48 bits per heavy atom. The zero-order valence-corrected chi connectivity index (χ0v) is 14.8. The molecule has 1 aliphatic heterocycles. The fourth-order valence-corrected chi connectivity index (χ4v) is 2.91. The van der Waals surface area contributed by atoms with Crippen LogP contribution >= 0.6 is 0 Å². The van der Waals surface area contributed by atoms with Gasteiger partial charge in [-0.2, -0.15) is 0 Å². The molecular weight excluding hydrogens is 292 g/mol. The number of aromatic nitrogens is 2. The first-order chi connectivity index (χ1) is 10.9. The Morgan fingerprint density at radius 3 is 2.96 bits per heavy atom. The van der Waals surface area contributed by atoms with Gasteiger partial charge < -0.3 is 19.5 Å². The van der Waals surface area contributed by atoms with Gasteiger partial charge in [0.15, 0.2) is 0 Å². The lowest BCUT2D eigenvalue weighted by Crippen LogP contribution is -2.44. The van der Waals surface area contributed by atoms with E-state index in [-0.39, 0.29) is 12.1 Å². The number of aryl methyl sites for hydroxylation is 1. The minimum Gasteiger partial charge on any atom is -0.444 e. The van der Waals surface area contributed by atoms with Crippen molar-refractivity contribution in [2.45, 2.75) is 71.7 Å². The van der Waals surface area contributed by atoms with Crippen molar-refractivity contribution in [2.24, 2.45) is 0 Å². The molecule has 1 N–H and O–H groups in total. The Hall–Kier alpha value is -1.56. The van der Waals surface area contributed by atoms with Crippen LogP contribution in [-0.2, 0) is 17.8 Å². The van der Waals surface area contributed by atoms with Crippen LogP contribution in [0.1, 0.15) is 52.8 Å². The molecule has 0 aliphatic carbocycles. The molecule has 0 aromatic carbocycles. The van der Waals surface area contributed by atoms with Crippen LogP contribution in [0.4, 0.5) is 4.79 Å². The lowest BCUT2D eigenvalue weighted by Gasteiger charge is -2.28. The molecule has 6 nitrogen and oxygen atoms in total. The second kappa shape index (κ2) is 7.81. The van der Waals surface area contributed by atoms with Gasteiger partial charge in [-0.15, -0.1) is 0 Å². The van der Waals surface area contributed by atoms with Crippen LogP contribution in [0.3, 0.4) is 0 Å². The average Bonchev–Trinajstić information content (AvgIpc) is 3.07. The van der Waals surface area contributed by atoms with E-state index in [1.54, 1.807) is 0 Å². The largest absolute Gasteiger partial charge is 0.444 e. The third kappa shape index (κ3) is 5.23. The van der Waals surface area contributed by atoms with E-state index in [0.29, 0.717) is 0 Å². The molecule has 23 heavy (non-hydrogen) atoms. The van der Waals surface area contributed by atoms with E-state index in [2.05, 4.69) is 21.8 Å². The van der Waals surface area contributed by atoms with Gasteiger partial charge in [0.25, 0.3) is 0 Å². The van der Waals surface area contributed by atoms with Crippen LogP contribution in [0.2, 0.25) is 0 Å². The number of hydrogen-bond acceptors (Lipinski definition) is 4. The number of nitrogens with zero attached hydrogens (tertiary/aromatic N) is 3. The van der Waals surface area contributed by atoms with Crippen LogP contribution in [0.15, 0.2) is 12.4 Å². The standard InChI is InChI=1S/C17H30N4O2/c1-5-9-20-11-8-19-15(20)13-18-12-14-7-6-10-21(14)16(22)23-17(2,3)4/h8,11,14,18H,5-7,9-10,12-13H2,1-4H3. The highest BCUT2D eigenvalue weighted by molar-refractivity contribution is 5.69. The topological polar surface area (TPSA) is 59.4 Å². The van der Waals surface area contributed by atoms with Crippen molar-refractivity contribution in [3.8, 4) is 0 Å². The average molecular weight is 322 g/mol. The predicted molar refractivity (Wildman–Crippen MR) is 90.2 cm³/mol. The first kappa shape index (κ1) is 17.8. The summed E-state index contributed by atoms with van der Waals surface area (Å²) in [6.07, 6.45) is 6.82. The lowest BCUT2D eigenvalue weighted by atomic mass is 10.2. The summed E-state index contributed by atoms with van der Waals surface area (Å²) >= 11 is 0. The molecule has 130 valence electrons. The maximum absolute atomic E-state index is 12.3. The molecule has 1 atom stereocenters. The highest BCUT2D eigenvalue weighted by Gasteiger charge is 2.31. The van der Waals surface area contributed by atoms with E-state index in [4.69, 9.17) is 4.74 Å². The molecule has 0 saturated carbocycles. The number of rotatable bonds is 6. The molecule has 1 aliphatic rings. The van der Waals surface area contributed by atoms with E-state index >= 15 is 0 Å². The summed E-state index contributed by atoms with van der Waals surface area (Å²) in [5.41, 5.74) is -0.442. The number of ether oxygens (including phenoxy) is 1. The molecule has 1 saturated heterocycles. The lowest BCUT2D eigenvalue weighted by molar-refractivity contribution is 0.0226. The van der Waals surface area contributed by atoms with Gasteiger partial charge in [-0.05, 0) is 40.0 Å². The molecule has 1 aromatic heterocycles. The third-order valence-electron chi connectivity index (χ3n) is 3.93. The number of carbonyl (C=O) groups excluding carboxylic acids is 1. The second-order valence-electron chi connectivity index (χ2n) is 7.14. The Bertz CT molecular complexity index is 507. The zero-order valence-electron chi connectivity index (χ0n) is 14.8. The Labute approximate surface area is 139 Å². The van der Waals surface area contributed by atoms with Crippen LogP contribution in [0.25, 0.3) is 0 Å². The van der Waals surface area contributed by atoms with Crippen LogP contribution in [0, 0.1) is 0 Å². The van der Waals surface area contributed by atoms with E-state index in [9.17, 15) is 4.79 Å². The molecule has 0 spiro atoms.